The molecule has 7 nitrogen and oxygen atoms in total. The molecule has 0 radical (unpaired) electrons. The molecular weight excluding hydrogens is 375 g/mol. The first-order valence-corrected chi connectivity index (χ1v) is 8.84. The molecule has 8 heteroatoms. The summed E-state index contributed by atoms with van der Waals surface area (Å²) in [7, 11) is 1.39. The molecule has 2 aromatic carbocycles. The van der Waals surface area contributed by atoms with E-state index in [1.165, 1.54) is 30.1 Å². The lowest BCUT2D eigenvalue weighted by Crippen LogP contribution is -2.44. The highest BCUT2D eigenvalue weighted by molar-refractivity contribution is 6.30. The number of halogens is 1. The number of urea groups is 1. The largest absolute Gasteiger partial charge is 0.355 e. The molecule has 1 aliphatic rings. The molecule has 0 spiro atoms. The summed E-state index contributed by atoms with van der Waals surface area (Å²) in [6.07, 6.45) is 0. The number of rotatable bonds is 3. The number of carbonyl (C=O) groups excluding carboxylic acids is 3. The Labute approximate surface area is 167 Å². The summed E-state index contributed by atoms with van der Waals surface area (Å²) in [4.78, 5) is 40.1. The number of amides is 4. The Morgan fingerprint density at radius 2 is 1.79 bits per heavy atom. The van der Waals surface area contributed by atoms with E-state index < -0.39 is 29.2 Å². The molecular formula is C21H19FN4O3. The fraction of sp³-hybridized carbons (Fsp3) is 0.238. The third kappa shape index (κ3) is 3.10. The fourth-order valence-corrected chi connectivity index (χ4v) is 3.33. The Hall–Kier alpha value is -3.73. The standard InChI is InChI=1S/C21H19FN4O3/c1-12-9-14(6-5-13(12)11-23)25-19(28)21(2,3)26(20(25)29)15-7-8-16(17(22)10-15)18(27)24-4/h5-10H,1-4H3,(H,24,27). The van der Waals surface area contributed by atoms with Crippen molar-refractivity contribution in [2.75, 3.05) is 16.8 Å². The van der Waals surface area contributed by atoms with Crippen molar-refractivity contribution in [1.29, 1.82) is 5.26 Å². The molecule has 0 saturated carbocycles. The van der Waals surface area contributed by atoms with Crippen LogP contribution in [0.25, 0.3) is 0 Å². The third-order valence-electron chi connectivity index (χ3n) is 4.94. The molecule has 0 aromatic heterocycles. The highest BCUT2D eigenvalue weighted by Crippen LogP contribution is 2.37. The Balaban J connectivity index is 2.06. The van der Waals surface area contributed by atoms with Gasteiger partial charge in [-0.15, -0.1) is 0 Å². The van der Waals surface area contributed by atoms with Crippen molar-refractivity contribution in [2.45, 2.75) is 26.3 Å². The van der Waals surface area contributed by atoms with E-state index in [0.717, 1.165) is 11.0 Å². The number of nitrogens with zero attached hydrogens (tertiary/aromatic N) is 3. The van der Waals surface area contributed by atoms with E-state index in [4.69, 9.17) is 5.26 Å². The van der Waals surface area contributed by atoms with Crippen molar-refractivity contribution in [3.05, 3.63) is 58.9 Å². The predicted molar refractivity (Wildman–Crippen MR) is 105 cm³/mol. The van der Waals surface area contributed by atoms with E-state index in [0.29, 0.717) is 16.8 Å². The summed E-state index contributed by atoms with van der Waals surface area (Å²) in [6, 6.07) is 9.80. The molecule has 1 saturated heterocycles. The van der Waals surface area contributed by atoms with Gasteiger partial charge in [0.25, 0.3) is 11.8 Å². The number of hydrogen-bond acceptors (Lipinski definition) is 4. The molecule has 29 heavy (non-hydrogen) atoms. The number of nitriles is 1. The van der Waals surface area contributed by atoms with Crippen LogP contribution in [-0.4, -0.2) is 30.4 Å². The maximum Gasteiger partial charge on any atom is 0.336 e. The normalized spacial score (nSPS) is 15.4. The zero-order valence-corrected chi connectivity index (χ0v) is 16.4. The molecule has 0 bridgehead atoms. The van der Waals surface area contributed by atoms with Crippen molar-refractivity contribution in [2.24, 2.45) is 0 Å². The SMILES string of the molecule is CNC(=O)c1ccc(N2C(=O)N(c3ccc(C#N)c(C)c3)C(=O)C2(C)C)cc1F. The maximum atomic E-state index is 14.4. The summed E-state index contributed by atoms with van der Waals surface area (Å²) in [5.41, 5.74) is 0.117. The summed E-state index contributed by atoms with van der Waals surface area (Å²) in [5, 5.41) is 11.4. The van der Waals surface area contributed by atoms with Crippen LogP contribution in [-0.2, 0) is 4.79 Å². The van der Waals surface area contributed by atoms with Gasteiger partial charge >= 0.3 is 6.03 Å². The molecule has 0 aliphatic carbocycles. The minimum Gasteiger partial charge on any atom is -0.355 e. The van der Waals surface area contributed by atoms with Gasteiger partial charge < -0.3 is 5.32 Å². The second-order valence-electron chi connectivity index (χ2n) is 7.17. The number of aryl methyl sites for hydroxylation is 1. The predicted octanol–water partition coefficient (Wildman–Crippen LogP) is 3.12. The van der Waals surface area contributed by atoms with Crippen molar-refractivity contribution in [3.63, 3.8) is 0 Å². The number of benzene rings is 2. The average molecular weight is 394 g/mol. The topological polar surface area (TPSA) is 93.5 Å². The van der Waals surface area contributed by atoms with Gasteiger partial charge in [0.1, 0.15) is 11.4 Å². The first kappa shape index (κ1) is 20.0. The van der Waals surface area contributed by atoms with Crippen LogP contribution in [0.15, 0.2) is 36.4 Å². The van der Waals surface area contributed by atoms with Crippen LogP contribution in [0.1, 0.15) is 35.3 Å². The number of nitrogens with one attached hydrogen (secondary N) is 1. The first-order chi connectivity index (χ1) is 13.6. The molecule has 0 atom stereocenters. The maximum absolute atomic E-state index is 14.4. The van der Waals surface area contributed by atoms with Crippen molar-refractivity contribution < 1.29 is 18.8 Å². The number of imide groups is 1. The van der Waals surface area contributed by atoms with Crippen LogP contribution in [0.2, 0.25) is 0 Å². The Kier molecular flexibility index (Phi) is 4.84. The van der Waals surface area contributed by atoms with E-state index in [2.05, 4.69) is 5.32 Å². The molecule has 2 aromatic rings. The Bertz CT molecular complexity index is 1090. The molecule has 3 rings (SSSR count). The zero-order chi connectivity index (χ0) is 21.5. The smallest absolute Gasteiger partial charge is 0.336 e. The number of anilines is 2. The van der Waals surface area contributed by atoms with Crippen molar-refractivity contribution in [3.8, 4) is 6.07 Å². The first-order valence-electron chi connectivity index (χ1n) is 8.84. The van der Waals surface area contributed by atoms with Crippen LogP contribution in [0.5, 0.6) is 0 Å². The van der Waals surface area contributed by atoms with Gasteiger partial charge in [0.15, 0.2) is 0 Å². The van der Waals surface area contributed by atoms with Gasteiger partial charge in [-0.3, -0.25) is 14.5 Å². The second-order valence-corrected chi connectivity index (χ2v) is 7.17. The van der Waals surface area contributed by atoms with Crippen LogP contribution in [0, 0.1) is 24.1 Å². The summed E-state index contributed by atoms with van der Waals surface area (Å²) in [6.45, 7) is 4.84. The van der Waals surface area contributed by atoms with Gasteiger partial charge in [-0.1, -0.05) is 0 Å². The average Bonchev–Trinajstić information content (AvgIpc) is 2.85. The van der Waals surface area contributed by atoms with E-state index in [1.807, 2.05) is 6.07 Å². The number of carbonyl (C=O) groups is 3. The van der Waals surface area contributed by atoms with Gasteiger partial charge in [0.2, 0.25) is 0 Å². The van der Waals surface area contributed by atoms with Crippen molar-refractivity contribution >= 4 is 29.2 Å². The molecule has 1 N–H and O–H groups in total. The zero-order valence-electron chi connectivity index (χ0n) is 16.4. The van der Waals surface area contributed by atoms with E-state index in [1.54, 1.807) is 32.9 Å². The molecule has 0 unspecified atom stereocenters. The van der Waals surface area contributed by atoms with Crippen LogP contribution >= 0.6 is 0 Å². The highest BCUT2D eigenvalue weighted by atomic mass is 19.1. The molecule has 148 valence electrons. The van der Waals surface area contributed by atoms with Gasteiger partial charge in [0, 0.05) is 12.7 Å². The van der Waals surface area contributed by atoms with Gasteiger partial charge in [-0.05, 0) is 62.7 Å². The van der Waals surface area contributed by atoms with Crippen LogP contribution < -0.4 is 15.1 Å². The third-order valence-corrected chi connectivity index (χ3v) is 4.94. The lowest BCUT2D eigenvalue weighted by Gasteiger charge is -2.27. The monoisotopic (exact) mass is 394 g/mol. The highest BCUT2D eigenvalue weighted by Gasteiger charge is 2.52. The second kappa shape index (κ2) is 7.02. The summed E-state index contributed by atoms with van der Waals surface area (Å²) >= 11 is 0. The molecule has 1 aliphatic heterocycles. The van der Waals surface area contributed by atoms with Crippen molar-refractivity contribution in [1.82, 2.24) is 5.32 Å². The minimum absolute atomic E-state index is 0.159. The van der Waals surface area contributed by atoms with E-state index in [9.17, 15) is 18.8 Å². The molecule has 1 heterocycles. The molecule has 4 amide bonds. The fourth-order valence-electron chi connectivity index (χ4n) is 3.33. The minimum atomic E-state index is -1.28. The Morgan fingerprint density at radius 1 is 1.14 bits per heavy atom. The number of hydrogen-bond donors (Lipinski definition) is 1. The molecule has 1 fully saturated rings. The lowest BCUT2D eigenvalue weighted by molar-refractivity contribution is -0.120. The van der Waals surface area contributed by atoms with Crippen LogP contribution in [0.3, 0.4) is 0 Å². The Morgan fingerprint density at radius 3 is 2.34 bits per heavy atom. The van der Waals surface area contributed by atoms with Gasteiger partial charge in [-0.2, -0.15) is 5.26 Å². The summed E-state index contributed by atoms with van der Waals surface area (Å²) < 4.78 is 14.4. The summed E-state index contributed by atoms with van der Waals surface area (Å²) in [5.74, 6) is -1.88. The van der Waals surface area contributed by atoms with Crippen LogP contribution in [0.4, 0.5) is 20.6 Å². The van der Waals surface area contributed by atoms with Gasteiger partial charge in [-0.25, -0.2) is 14.1 Å². The van der Waals surface area contributed by atoms with E-state index in [-0.39, 0.29) is 11.3 Å². The van der Waals surface area contributed by atoms with E-state index >= 15 is 0 Å². The quantitative estimate of drug-likeness (QED) is 0.810. The van der Waals surface area contributed by atoms with Gasteiger partial charge in [0.05, 0.1) is 22.9 Å². The lowest BCUT2D eigenvalue weighted by atomic mass is 10.0.